The summed E-state index contributed by atoms with van der Waals surface area (Å²) in [5.74, 6) is 0. The quantitative estimate of drug-likeness (QED) is 0.834. The van der Waals surface area contributed by atoms with Crippen LogP contribution < -0.4 is 0 Å². The van der Waals surface area contributed by atoms with E-state index in [4.69, 9.17) is 9.47 Å². The van der Waals surface area contributed by atoms with E-state index in [1.807, 2.05) is 13.8 Å². The van der Waals surface area contributed by atoms with Gasteiger partial charge in [0.1, 0.15) is 6.10 Å². The minimum atomic E-state index is -0.705. The molecule has 0 saturated carbocycles. The third-order valence-corrected chi connectivity index (χ3v) is 3.11. The highest BCUT2D eigenvalue weighted by atomic mass is 79.9. The molecule has 98 valence electrons. The Morgan fingerprint density at radius 3 is 2.88 bits per heavy atom. The summed E-state index contributed by atoms with van der Waals surface area (Å²) in [7, 11) is 1.64. The van der Waals surface area contributed by atoms with Gasteiger partial charge in [0.2, 0.25) is 0 Å². The molecule has 0 amide bonds. The normalized spacial score (nSPS) is 14.9. The van der Waals surface area contributed by atoms with Crippen molar-refractivity contribution >= 4 is 15.9 Å². The van der Waals surface area contributed by atoms with Gasteiger partial charge in [-0.25, -0.2) is 0 Å². The third-order valence-electron chi connectivity index (χ3n) is 2.49. The summed E-state index contributed by atoms with van der Waals surface area (Å²) in [6.45, 7) is 5.47. The number of hydrogen-bond donors (Lipinski definition) is 1. The largest absolute Gasteiger partial charge is 0.384 e. The Morgan fingerprint density at radius 2 is 2.29 bits per heavy atom. The second kappa shape index (κ2) is 7.10. The van der Waals surface area contributed by atoms with Gasteiger partial charge in [-0.15, -0.1) is 0 Å². The average molecular weight is 307 g/mol. The molecule has 0 radical (unpaired) electrons. The maximum atomic E-state index is 10.2. The Bertz CT molecular complexity index is 343. The van der Waals surface area contributed by atoms with Crippen LogP contribution in [0.25, 0.3) is 0 Å². The van der Waals surface area contributed by atoms with Crippen LogP contribution in [-0.4, -0.2) is 41.3 Å². The number of nitrogens with zero attached hydrogens (tertiary/aromatic N) is 2. The van der Waals surface area contributed by atoms with Crippen molar-refractivity contribution in [3.63, 3.8) is 0 Å². The van der Waals surface area contributed by atoms with Gasteiger partial charge >= 0.3 is 0 Å². The summed E-state index contributed by atoms with van der Waals surface area (Å²) in [5, 5.41) is 14.4. The summed E-state index contributed by atoms with van der Waals surface area (Å²) in [5.41, 5.74) is 0.725. The van der Waals surface area contributed by atoms with Gasteiger partial charge in [-0.2, -0.15) is 5.10 Å². The van der Waals surface area contributed by atoms with Crippen LogP contribution in [0.4, 0.5) is 0 Å². The molecule has 0 aliphatic carbocycles. The first kappa shape index (κ1) is 14.6. The van der Waals surface area contributed by atoms with Gasteiger partial charge in [0, 0.05) is 13.7 Å². The van der Waals surface area contributed by atoms with Crippen LogP contribution in [0.15, 0.2) is 10.7 Å². The van der Waals surface area contributed by atoms with E-state index in [-0.39, 0.29) is 6.10 Å². The van der Waals surface area contributed by atoms with Gasteiger partial charge in [-0.3, -0.25) is 4.68 Å². The number of aromatic nitrogens is 2. The summed E-state index contributed by atoms with van der Waals surface area (Å²) >= 11 is 3.39. The monoisotopic (exact) mass is 306 g/mol. The maximum Gasteiger partial charge on any atom is 0.123 e. The Balaban J connectivity index is 2.83. The minimum absolute atomic E-state index is 0.269. The minimum Gasteiger partial charge on any atom is -0.384 e. The molecule has 1 N–H and O–H groups in total. The van der Waals surface area contributed by atoms with Crippen LogP contribution in [0.5, 0.6) is 0 Å². The molecule has 0 bridgehead atoms. The molecule has 17 heavy (non-hydrogen) atoms. The Hall–Kier alpha value is -0.430. The molecule has 0 aliphatic heterocycles. The molecule has 2 atom stereocenters. The van der Waals surface area contributed by atoms with Gasteiger partial charge in [-0.05, 0) is 29.8 Å². The first-order valence-corrected chi connectivity index (χ1v) is 6.40. The van der Waals surface area contributed by atoms with Gasteiger partial charge < -0.3 is 14.6 Å². The SMILES string of the molecule is CCOC(C)C(O)c1c(Br)cnn1CCOC. The van der Waals surface area contributed by atoms with Crippen molar-refractivity contribution in [2.24, 2.45) is 0 Å². The van der Waals surface area contributed by atoms with Crippen LogP contribution in [-0.2, 0) is 16.0 Å². The standard InChI is InChI=1S/C11H19BrN2O3/c1-4-17-8(2)11(15)10-9(12)7-13-14(10)5-6-16-3/h7-8,11,15H,4-6H2,1-3H3. The average Bonchev–Trinajstić information content (AvgIpc) is 2.67. The lowest BCUT2D eigenvalue weighted by Gasteiger charge is -2.20. The number of aliphatic hydroxyl groups excluding tert-OH is 1. The van der Waals surface area contributed by atoms with Crippen molar-refractivity contribution in [3.05, 3.63) is 16.4 Å². The van der Waals surface area contributed by atoms with E-state index >= 15 is 0 Å². The first-order chi connectivity index (χ1) is 8.11. The van der Waals surface area contributed by atoms with Crippen molar-refractivity contribution in [2.75, 3.05) is 20.3 Å². The maximum absolute atomic E-state index is 10.2. The zero-order valence-corrected chi connectivity index (χ0v) is 12.0. The number of aliphatic hydroxyl groups is 1. The number of methoxy groups -OCH3 is 1. The summed E-state index contributed by atoms with van der Waals surface area (Å²) in [4.78, 5) is 0. The molecule has 2 unspecified atom stereocenters. The lowest BCUT2D eigenvalue weighted by atomic mass is 10.1. The predicted molar refractivity (Wildman–Crippen MR) is 67.9 cm³/mol. The number of halogens is 1. The predicted octanol–water partition coefficient (Wildman–Crippen LogP) is 1.75. The van der Waals surface area contributed by atoms with E-state index in [0.29, 0.717) is 19.8 Å². The molecule has 1 heterocycles. The summed E-state index contributed by atoms with van der Waals surface area (Å²) in [6, 6.07) is 0. The molecule has 6 heteroatoms. The highest BCUT2D eigenvalue weighted by Crippen LogP contribution is 2.26. The molecule has 0 aliphatic rings. The molecule has 1 aromatic heterocycles. The molecular formula is C11H19BrN2O3. The van der Waals surface area contributed by atoms with E-state index in [2.05, 4.69) is 21.0 Å². The van der Waals surface area contributed by atoms with E-state index in [1.165, 1.54) is 0 Å². The number of hydrogen-bond acceptors (Lipinski definition) is 4. The van der Waals surface area contributed by atoms with E-state index in [1.54, 1.807) is 18.0 Å². The van der Waals surface area contributed by atoms with Gasteiger partial charge in [-0.1, -0.05) is 0 Å². The smallest absolute Gasteiger partial charge is 0.123 e. The molecule has 0 spiro atoms. The van der Waals surface area contributed by atoms with Crippen LogP contribution >= 0.6 is 15.9 Å². The fourth-order valence-corrected chi connectivity index (χ4v) is 2.13. The highest BCUT2D eigenvalue weighted by molar-refractivity contribution is 9.10. The molecule has 1 aromatic rings. The van der Waals surface area contributed by atoms with Crippen molar-refractivity contribution in [3.8, 4) is 0 Å². The molecule has 0 fully saturated rings. The summed E-state index contributed by atoms with van der Waals surface area (Å²) in [6.07, 6.45) is 0.699. The lowest BCUT2D eigenvalue weighted by Crippen LogP contribution is -2.23. The second-order valence-corrected chi connectivity index (χ2v) is 4.55. The molecule has 1 rings (SSSR count). The molecular weight excluding hydrogens is 288 g/mol. The molecule has 0 aromatic carbocycles. The Morgan fingerprint density at radius 1 is 1.59 bits per heavy atom. The van der Waals surface area contributed by atoms with Gasteiger partial charge in [0.05, 0.1) is 35.6 Å². The fraction of sp³-hybridized carbons (Fsp3) is 0.727. The molecule has 5 nitrogen and oxygen atoms in total. The Labute approximate surface area is 110 Å². The van der Waals surface area contributed by atoms with Crippen LogP contribution in [0.1, 0.15) is 25.6 Å². The van der Waals surface area contributed by atoms with Crippen molar-refractivity contribution in [1.29, 1.82) is 0 Å². The Kier molecular flexibility index (Phi) is 6.11. The van der Waals surface area contributed by atoms with Crippen molar-refractivity contribution in [1.82, 2.24) is 9.78 Å². The molecule has 0 saturated heterocycles. The van der Waals surface area contributed by atoms with Crippen LogP contribution in [0.2, 0.25) is 0 Å². The topological polar surface area (TPSA) is 56.5 Å². The van der Waals surface area contributed by atoms with Crippen LogP contribution in [0, 0.1) is 0 Å². The van der Waals surface area contributed by atoms with Crippen molar-refractivity contribution < 1.29 is 14.6 Å². The summed E-state index contributed by atoms with van der Waals surface area (Å²) < 4.78 is 12.9. The first-order valence-electron chi connectivity index (χ1n) is 5.61. The zero-order chi connectivity index (χ0) is 12.8. The second-order valence-electron chi connectivity index (χ2n) is 3.70. The zero-order valence-electron chi connectivity index (χ0n) is 10.4. The number of ether oxygens (including phenoxy) is 2. The van der Waals surface area contributed by atoms with E-state index < -0.39 is 6.10 Å². The van der Waals surface area contributed by atoms with Gasteiger partial charge in [0.25, 0.3) is 0 Å². The third kappa shape index (κ3) is 3.77. The van der Waals surface area contributed by atoms with Crippen LogP contribution in [0.3, 0.4) is 0 Å². The van der Waals surface area contributed by atoms with Crippen molar-refractivity contribution in [2.45, 2.75) is 32.6 Å². The van der Waals surface area contributed by atoms with Gasteiger partial charge in [0.15, 0.2) is 0 Å². The van der Waals surface area contributed by atoms with E-state index in [0.717, 1.165) is 10.2 Å². The highest BCUT2D eigenvalue weighted by Gasteiger charge is 2.23. The lowest BCUT2D eigenvalue weighted by molar-refractivity contribution is -0.0272. The fourth-order valence-electron chi connectivity index (χ4n) is 1.60. The van der Waals surface area contributed by atoms with E-state index in [9.17, 15) is 5.11 Å². The number of rotatable bonds is 7.